The number of benzene rings is 2. The van der Waals surface area contributed by atoms with Crippen molar-refractivity contribution >= 4 is 11.8 Å². The van der Waals surface area contributed by atoms with Gasteiger partial charge < -0.3 is 24.2 Å². The maximum Gasteiger partial charge on any atom is 0.304 e. The number of anilines is 1. The summed E-state index contributed by atoms with van der Waals surface area (Å²) in [5.41, 5.74) is 4.42. The lowest BCUT2D eigenvalue weighted by atomic mass is 9.96. The fourth-order valence-corrected chi connectivity index (χ4v) is 5.73. The molecule has 3 aromatic rings. The van der Waals surface area contributed by atoms with Gasteiger partial charge in [0.05, 0.1) is 19.6 Å². The standard InChI is InChI=1S/C29H29FN2O5/c30-24-8-6-21(23-3-1-10-31-29(23)32-11-2-13-35-14-12-32)22-7-9-25(28(22)24)37-19-4-5-20-18(15-27(33)34)17-36-26(20)16-19/h1,3-6,8,10,16,18,25H,2,7,9,11-15,17H2,(H,33,34)/t18-,25-/m1/s1. The molecule has 1 aliphatic carbocycles. The second-order valence-corrected chi connectivity index (χ2v) is 9.77. The number of aliphatic carboxylic acids is 1. The molecule has 0 spiro atoms. The number of rotatable bonds is 6. The molecule has 7 nitrogen and oxygen atoms in total. The number of hydrogen-bond donors (Lipinski definition) is 1. The monoisotopic (exact) mass is 504 g/mol. The van der Waals surface area contributed by atoms with Gasteiger partial charge in [0.1, 0.15) is 29.2 Å². The van der Waals surface area contributed by atoms with Crippen molar-refractivity contribution in [3.05, 3.63) is 71.2 Å². The van der Waals surface area contributed by atoms with Gasteiger partial charge in [-0.3, -0.25) is 4.79 Å². The minimum atomic E-state index is -0.850. The van der Waals surface area contributed by atoms with Crippen LogP contribution in [0.25, 0.3) is 11.1 Å². The number of hydrogen-bond acceptors (Lipinski definition) is 6. The van der Waals surface area contributed by atoms with Crippen LogP contribution in [0.3, 0.4) is 0 Å². The van der Waals surface area contributed by atoms with Crippen molar-refractivity contribution in [2.24, 2.45) is 0 Å². The Balaban J connectivity index is 1.29. The van der Waals surface area contributed by atoms with Gasteiger partial charge in [-0.25, -0.2) is 9.37 Å². The van der Waals surface area contributed by atoms with Gasteiger partial charge in [-0.15, -0.1) is 0 Å². The first kappa shape index (κ1) is 23.7. The van der Waals surface area contributed by atoms with E-state index in [1.807, 2.05) is 24.3 Å². The smallest absolute Gasteiger partial charge is 0.304 e. The van der Waals surface area contributed by atoms with E-state index in [4.69, 9.17) is 24.3 Å². The summed E-state index contributed by atoms with van der Waals surface area (Å²) in [5, 5.41) is 9.14. The molecule has 3 heterocycles. The van der Waals surface area contributed by atoms with E-state index in [-0.39, 0.29) is 18.2 Å². The molecular weight excluding hydrogens is 475 g/mol. The second-order valence-electron chi connectivity index (χ2n) is 9.77. The van der Waals surface area contributed by atoms with Crippen molar-refractivity contribution in [2.75, 3.05) is 37.8 Å². The molecule has 2 aromatic carbocycles. The summed E-state index contributed by atoms with van der Waals surface area (Å²) in [5.74, 6) is 0.836. The largest absolute Gasteiger partial charge is 0.492 e. The van der Waals surface area contributed by atoms with Crippen LogP contribution >= 0.6 is 0 Å². The Morgan fingerprint density at radius 3 is 2.97 bits per heavy atom. The quantitative estimate of drug-likeness (QED) is 0.498. The summed E-state index contributed by atoms with van der Waals surface area (Å²) >= 11 is 0. The first-order chi connectivity index (χ1) is 18.1. The van der Waals surface area contributed by atoms with Crippen LogP contribution in [0.1, 0.15) is 48.0 Å². The number of ether oxygens (including phenoxy) is 3. The fraction of sp³-hybridized carbons (Fsp3) is 0.379. The summed E-state index contributed by atoms with van der Waals surface area (Å²) in [6.07, 6.45) is 3.71. The zero-order valence-electron chi connectivity index (χ0n) is 20.5. The molecule has 192 valence electrons. The van der Waals surface area contributed by atoms with Gasteiger partial charge in [0, 0.05) is 54.6 Å². The summed E-state index contributed by atoms with van der Waals surface area (Å²) in [6.45, 7) is 3.39. The maximum atomic E-state index is 15.2. The van der Waals surface area contributed by atoms with Crippen LogP contribution < -0.4 is 14.4 Å². The third-order valence-electron chi connectivity index (χ3n) is 7.45. The van der Waals surface area contributed by atoms with E-state index in [0.717, 1.165) is 54.2 Å². The number of carboxylic acids is 1. The molecular formula is C29H29FN2O5. The predicted octanol–water partition coefficient (Wildman–Crippen LogP) is 5.13. The Hall–Kier alpha value is -3.65. The van der Waals surface area contributed by atoms with E-state index in [2.05, 4.69) is 11.0 Å². The van der Waals surface area contributed by atoms with Crippen molar-refractivity contribution in [2.45, 2.75) is 37.7 Å². The molecule has 0 saturated carbocycles. The van der Waals surface area contributed by atoms with Gasteiger partial charge in [0.25, 0.3) is 0 Å². The highest BCUT2D eigenvalue weighted by molar-refractivity contribution is 5.79. The number of halogens is 1. The van der Waals surface area contributed by atoms with E-state index >= 15 is 4.39 Å². The van der Waals surface area contributed by atoms with Gasteiger partial charge in [-0.2, -0.15) is 0 Å². The molecule has 1 aromatic heterocycles. The number of carboxylic acid groups (broad SMARTS) is 1. The van der Waals surface area contributed by atoms with Gasteiger partial charge in [0.2, 0.25) is 0 Å². The van der Waals surface area contributed by atoms with E-state index in [0.29, 0.717) is 43.1 Å². The highest BCUT2D eigenvalue weighted by atomic mass is 19.1. The first-order valence-electron chi connectivity index (χ1n) is 12.8. The summed E-state index contributed by atoms with van der Waals surface area (Å²) in [7, 11) is 0. The zero-order chi connectivity index (χ0) is 25.4. The van der Waals surface area contributed by atoms with Crippen LogP contribution in [0.15, 0.2) is 48.7 Å². The average Bonchev–Trinajstić information content (AvgIpc) is 3.38. The lowest BCUT2D eigenvalue weighted by Crippen LogP contribution is -2.27. The minimum absolute atomic E-state index is 0.0258. The van der Waals surface area contributed by atoms with E-state index in [1.54, 1.807) is 12.3 Å². The molecule has 3 aliphatic rings. The van der Waals surface area contributed by atoms with Crippen molar-refractivity contribution in [3.8, 4) is 22.6 Å². The molecule has 8 heteroatoms. The molecule has 0 radical (unpaired) electrons. The Kier molecular flexibility index (Phi) is 6.42. The molecule has 0 bridgehead atoms. The first-order valence-corrected chi connectivity index (χ1v) is 12.8. The number of fused-ring (bicyclic) bond motifs is 2. The Morgan fingerprint density at radius 2 is 2.08 bits per heavy atom. The van der Waals surface area contributed by atoms with Gasteiger partial charge in [0.15, 0.2) is 0 Å². The van der Waals surface area contributed by atoms with Crippen LogP contribution in [0.5, 0.6) is 11.5 Å². The maximum absolute atomic E-state index is 15.2. The molecule has 37 heavy (non-hydrogen) atoms. The highest BCUT2D eigenvalue weighted by Gasteiger charge is 2.32. The van der Waals surface area contributed by atoms with Crippen molar-refractivity contribution < 1.29 is 28.5 Å². The van der Waals surface area contributed by atoms with Crippen molar-refractivity contribution in [1.29, 1.82) is 0 Å². The topological polar surface area (TPSA) is 81.1 Å². The minimum Gasteiger partial charge on any atom is -0.492 e. The Morgan fingerprint density at radius 1 is 1.16 bits per heavy atom. The van der Waals surface area contributed by atoms with Crippen LogP contribution in [0.4, 0.5) is 10.2 Å². The third-order valence-corrected chi connectivity index (χ3v) is 7.45. The van der Waals surface area contributed by atoms with E-state index in [9.17, 15) is 4.79 Å². The predicted molar refractivity (Wildman–Crippen MR) is 136 cm³/mol. The Bertz CT molecular complexity index is 1320. The Labute approximate surface area is 214 Å². The summed E-state index contributed by atoms with van der Waals surface area (Å²) in [6, 6.07) is 12.8. The van der Waals surface area contributed by atoms with Crippen LogP contribution in [0.2, 0.25) is 0 Å². The fourth-order valence-electron chi connectivity index (χ4n) is 5.73. The molecule has 6 rings (SSSR count). The van der Waals surface area contributed by atoms with Gasteiger partial charge >= 0.3 is 5.97 Å². The van der Waals surface area contributed by atoms with Gasteiger partial charge in [-0.1, -0.05) is 12.1 Å². The number of carbonyl (C=O) groups is 1. The average molecular weight is 505 g/mol. The highest BCUT2D eigenvalue weighted by Crippen LogP contribution is 2.45. The molecule has 2 aliphatic heterocycles. The normalized spacial score (nSPS) is 20.6. The summed E-state index contributed by atoms with van der Waals surface area (Å²) < 4.78 is 32.9. The molecule has 2 atom stereocenters. The number of nitrogens with zero attached hydrogens (tertiary/aromatic N) is 2. The lowest BCUT2D eigenvalue weighted by Gasteiger charge is -2.24. The number of aromatic nitrogens is 1. The van der Waals surface area contributed by atoms with E-state index in [1.165, 1.54) is 6.07 Å². The van der Waals surface area contributed by atoms with Crippen LogP contribution in [0, 0.1) is 5.82 Å². The SMILES string of the molecule is O=C(O)C[C@@H]1COc2cc(O[C@@H]3CCc4c(-c5cccnc5N5CCCOCC5)ccc(F)c43)ccc21. The molecule has 1 N–H and O–H groups in total. The van der Waals surface area contributed by atoms with Crippen LogP contribution in [-0.4, -0.2) is 49.0 Å². The zero-order valence-corrected chi connectivity index (χ0v) is 20.5. The van der Waals surface area contributed by atoms with Gasteiger partial charge in [-0.05, 0) is 54.7 Å². The number of pyridine rings is 1. The lowest BCUT2D eigenvalue weighted by molar-refractivity contribution is -0.137. The van der Waals surface area contributed by atoms with Crippen molar-refractivity contribution in [3.63, 3.8) is 0 Å². The third kappa shape index (κ3) is 4.62. The molecule has 1 fully saturated rings. The van der Waals surface area contributed by atoms with Crippen molar-refractivity contribution in [1.82, 2.24) is 4.98 Å². The summed E-state index contributed by atoms with van der Waals surface area (Å²) in [4.78, 5) is 18.1. The molecule has 0 amide bonds. The van der Waals surface area contributed by atoms with E-state index < -0.39 is 12.1 Å². The second kappa shape index (κ2) is 10.0. The molecule has 1 saturated heterocycles. The molecule has 0 unspecified atom stereocenters. The van der Waals surface area contributed by atoms with Crippen LogP contribution in [-0.2, 0) is 16.0 Å².